The number of nitrogens with one attached hydrogen (secondary N) is 1. The first-order chi connectivity index (χ1) is 14.0. The Balaban J connectivity index is 1.43. The smallest absolute Gasteiger partial charge is 0.255 e. The molecule has 3 aromatic carbocycles. The van der Waals surface area contributed by atoms with Crippen molar-refractivity contribution in [3.8, 4) is 0 Å². The van der Waals surface area contributed by atoms with Crippen molar-refractivity contribution in [1.82, 2.24) is 0 Å². The van der Waals surface area contributed by atoms with Gasteiger partial charge in [0.1, 0.15) is 6.17 Å². The first-order valence-corrected chi connectivity index (χ1v) is 10.7. The standard InChI is InChI=1S/C25H23BrFNO/c1-16-5-2-3-8-23(16)28-25(29)18-11-9-17(10-12-18)15-19-13-14-20-21(24(19)27)6-4-7-22(20)26/h2-12,19,24H,13-15H2,1H3,(H,28,29). The average molecular weight is 452 g/mol. The molecule has 0 heterocycles. The van der Waals surface area contributed by atoms with Gasteiger partial charge in [0.05, 0.1) is 0 Å². The van der Waals surface area contributed by atoms with Crippen LogP contribution in [0.1, 0.15) is 45.2 Å². The van der Waals surface area contributed by atoms with Crippen molar-refractivity contribution >= 4 is 27.5 Å². The number of halogens is 2. The Morgan fingerprint density at radius 1 is 1.07 bits per heavy atom. The monoisotopic (exact) mass is 451 g/mol. The first kappa shape index (κ1) is 19.8. The maximum atomic E-state index is 15.1. The highest BCUT2D eigenvalue weighted by Gasteiger charge is 2.30. The first-order valence-electron chi connectivity index (χ1n) is 9.90. The second-order valence-electron chi connectivity index (χ2n) is 7.68. The summed E-state index contributed by atoms with van der Waals surface area (Å²) in [5.74, 6) is -0.172. The van der Waals surface area contributed by atoms with Crippen LogP contribution in [-0.4, -0.2) is 5.91 Å². The number of rotatable bonds is 4. The average Bonchev–Trinajstić information content (AvgIpc) is 2.73. The third kappa shape index (κ3) is 4.27. The van der Waals surface area contributed by atoms with Crippen molar-refractivity contribution in [2.24, 2.45) is 5.92 Å². The van der Waals surface area contributed by atoms with Crippen molar-refractivity contribution in [3.63, 3.8) is 0 Å². The minimum absolute atomic E-state index is 0.0385. The van der Waals surface area contributed by atoms with Crippen LogP contribution in [0.25, 0.3) is 0 Å². The SMILES string of the molecule is Cc1ccccc1NC(=O)c1ccc(CC2CCc3c(Br)cccc3C2F)cc1. The number of benzene rings is 3. The lowest BCUT2D eigenvalue weighted by atomic mass is 9.79. The molecule has 148 valence electrons. The fraction of sp³-hybridized carbons (Fsp3) is 0.240. The molecular formula is C25H23BrFNO. The van der Waals surface area contributed by atoms with E-state index in [1.807, 2.05) is 73.7 Å². The highest BCUT2D eigenvalue weighted by molar-refractivity contribution is 9.10. The van der Waals surface area contributed by atoms with Gasteiger partial charge in [-0.15, -0.1) is 0 Å². The van der Waals surface area contributed by atoms with Crippen molar-refractivity contribution in [1.29, 1.82) is 0 Å². The molecule has 2 atom stereocenters. The van der Waals surface area contributed by atoms with Gasteiger partial charge in [0.15, 0.2) is 0 Å². The Hall–Kier alpha value is -2.46. The molecule has 0 fully saturated rings. The van der Waals surface area contributed by atoms with Crippen LogP contribution in [0.5, 0.6) is 0 Å². The van der Waals surface area contributed by atoms with Crippen molar-refractivity contribution < 1.29 is 9.18 Å². The molecule has 0 bridgehead atoms. The van der Waals surface area contributed by atoms with E-state index in [0.717, 1.165) is 45.3 Å². The molecule has 0 saturated carbocycles. The molecule has 0 saturated heterocycles. The lowest BCUT2D eigenvalue weighted by molar-refractivity contribution is 0.102. The number of carbonyl (C=O) groups excluding carboxylic acids is 1. The van der Waals surface area contributed by atoms with E-state index in [0.29, 0.717) is 12.0 Å². The topological polar surface area (TPSA) is 29.1 Å². The lowest BCUT2D eigenvalue weighted by Gasteiger charge is -2.29. The third-order valence-corrected chi connectivity index (χ3v) is 6.48. The third-order valence-electron chi connectivity index (χ3n) is 5.74. The number of alkyl halides is 1. The van der Waals surface area contributed by atoms with Crippen LogP contribution >= 0.6 is 15.9 Å². The second kappa shape index (κ2) is 8.50. The minimum Gasteiger partial charge on any atom is -0.322 e. The highest BCUT2D eigenvalue weighted by atomic mass is 79.9. The number of amides is 1. The Labute approximate surface area is 179 Å². The quantitative estimate of drug-likeness (QED) is 0.462. The molecule has 0 spiro atoms. The summed E-state index contributed by atoms with van der Waals surface area (Å²) in [6, 6.07) is 21.0. The predicted molar refractivity (Wildman–Crippen MR) is 119 cm³/mol. The zero-order valence-corrected chi connectivity index (χ0v) is 17.9. The lowest BCUT2D eigenvalue weighted by Crippen LogP contribution is -2.20. The van der Waals surface area contributed by atoms with Crippen LogP contribution < -0.4 is 5.32 Å². The van der Waals surface area contributed by atoms with E-state index in [-0.39, 0.29) is 11.8 Å². The Kier molecular flexibility index (Phi) is 5.81. The van der Waals surface area contributed by atoms with Crippen LogP contribution in [0.4, 0.5) is 10.1 Å². The van der Waals surface area contributed by atoms with Gasteiger partial charge in [0, 0.05) is 15.7 Å². The zero-order chi connectivity index (χ0) is 20.4. The molecule has 0 aromatic heterocycles. The molecule has 2 nitrogen and oxygen atoms in total. The Bertz CT molecular complexity index is 1030. The summed E-state index contributed by atoms with van der Waals surface area (Å²) >= 11 is 3.54. The largest absolute Gasteiger partial charge is 0.322 e. The van der Waals surface area contributed by atoms with Crippen molar-refractivity contribution in [2.75, 3.05) is 5.32 Å². The van der Waals surface area contributed by atoms with E-state index in [4.69, 9.17) is 0 Å². The second-order valence-corrected chi connectivity index (χ2v) is 8.53. The minimum atomic E-state index is -0.958. The summed E-state index contributed by atoms with van der Waals surface area (Å²) in [6.45, 7) is 1.97. The van der Waals surface area contributed by atoms with Gasteiger partial charge in [-0.1, -0.05) is 58.4 Å². The van der Waals surface area contributed by atoms with Crippen LogP contribution in [0.15, 0.2) is 71.2 Å². The van der Waals surface area contributed by atoms with Gasteiger partial charge in [-0.2, -0.15) is 0 Å². The maximum absolute atomic E-state index is 15.1. The zero-order valence-electron chi connectivity index (χ0n) is 16.3. The van der Waals surface area contributed by atoms with E-state index in [9.17, 15) is 4.79 Å². The van der Waals surface area contributed by atoms with Gasteiger partial charge in [-0.25, -0.2) is 4.39 Å². The van der Waals surface area contributed by atoms with Gasteiger partial charge in [-0.05, 0) is 78.6 Å². The molecule has 1 amide bonds. The number of hydrogen-bond acceptors (Lipinski definition) is 1. The van der Waals surface area contributed by atoms with Crippen LogP contribution in [0.3, 0.4) is 0 Å². The van der Waals surface area contributed by atoms with Crippen molar-refractivity contribution in [2.45, 2.75) is 32.4 Å². The molecular weight excluding hydrogens is 429 g/mol. The van der Waals surface area contributed by atoms with E-state index in [1.165, 1.54) is 0 Å². The molecule has 0 aliphatic heterocycles. The van der Waals surface area contributed by atoms with Gasteiger partial charge in [-0.3, -0.25) is 4.79 Å². The number of fused-ring (bicyclic) bond motifs is 1. The van der Waals surface area contributed by atoms with Gasteiger partial charge >= 0.3 is 0 Å². The maximum Gasteiger partial charge on any atom is 0.255 e. The summed E-state index contributed by atoms with van der Waals surface area (Å²) in [5, 5.41) is 2.95. The molecule has 2 unspecified atom stereocenters. The molecule has 1 aliphatic carbocycles. The number of carbonyl (C=O) groups is 1. The van der Waals surface area contributed by atoms with Crippen LogP contribution in [-0.2, 0) is 12.8 Å². The fourth-order valence-corrected chi connectivity index (χ4v) is 4.62. The van der Waals surface area contributed by atoms with Gasteiger partial charge < -0.3 is 5.32 Å². The summed E-state index contributed by atoms with van der Waals surface area (Å²) in [5.41, 5.74) is 5.41. The highest BCUT2D eigenvalue weighted by Crippen LogP contribution is 2.41. The van der Waals surface area contributed by atoms with Crippen molar-refractivity contribution in [3.05, 3.63) is 99.0 Å². The number of aryl methyl sites for hydroxylation is 1. The normalized spacial score (nSPS) is 18.2. The molecule has 1 N–H and O–H groups in total. The Morgan fingerprint density at radius 3 is 2.59 bits per heavy atom. The molecule has 4 heteroatoms. The fourth-order valence-electron chi connectivity index (χ4n) is 4.04. The molecule has 0 radical (unpaired) electrons. The molecule has 3 aromatic rings. The Morgan fingerprint density at radius 2 is 1.83 bits per heavy atom. The molecule has 1 aliphatic rings. The van der Waals surface area contributed by atoms with E-state index in [1.54, 1.807) is 0 Å². The number of hydrogen-bond donors (Lipinski definition) is 1. The molecule has 29 heavy (non-hydrogen) atoms. The summed E-state index contributed by atoms with van der Waals surface area (Å²) in [4.78, 5) is 12.5. The molecule has 4 rings (SSSR count). The predicted octanol–water partition coefficient (Wildman–Crippen LogP) is 6.83. The van der Waals surface area contributed by atoms with E-state index >= 15 is 4.39 Å². The van der Waals surface area contributed by atoms with Crippen LogP contribution in [0, 0.1) is 12.8 Å². The van der Waals surface area contributed by atoms with E-state index < -0.39 is 6.17 Å². The summed E-state index contributed by atoms with van der Waals surface area (Å²) < 4.78 is 16.1. The summed E-state index contributed by atoms with van der Waals surface area (Å²) in [7, 11) is 0. The van der Waals surface area contributed by atoms with Gasteiger partial charge in [0.2, 0.25) is 0 Å². The summed E-state index contributed by atoms with van der Waals surface area (Å²) in [6.07, 6.45) is 1.43. The number of anilines is 1. The number of para-hydroxylation sites is 1. The van der Waals surface area contributed by atoms with Gasteiger partial charge in [0.25, 0.3) is 5.91 Å². The van der Waals surface area contributed by atoms with Crippen LogP contribution in [0.2, 0.25) is 0 Å². The van der Waals surface area contributed by atoms with E-state index in [2.05, 4.69) is 21.2 Å².